The largest absolute Gasteiger partial charge is 0.493 e. The molecule has 1 aliphatic heterocycles. The summed E-state index contributed by atoms with van der Waals surface area (Å²) < 4.78 is 11.2. The average Bonchev–Trinajstić information content (AvgIpc) is 3.17. The van der Waals surface area contributed by atoms with Crippen LogP contribution in [0.15, 0.2) is 42.7 Å². The summed E-state index contributed by atoms with van der Waals surface area (Å²) in [5.74, 6) is 0.864. The van der Waals surface area contributed by atoms with Gasteiger partial charge in [-0.2, -0.15) is 5.10 Å². The molecular weight excluding hydrogens is 358 g/mol. The number of nitrogens with zero attached hydrogens (tertiary/aromatic N) is 2. The fourth-order valence-electron chi connectivity index (χ4n) is 3.12. The van der Waals surface area contributed by atoms with E-state index in [4.69, 9.17) is 9.47 Å². The van der Waals surface area contributed by atoms with Crippen LogP contribution in [0.3, 0.4) is 0 Å². The zero-order valence-electron chi connectivity index (χ0n) is 15.5. The van der Waals surface area contributed by atoms with Crippen LogP contribution in [0.1, 0.15) is 27.3 Å². The van der Waals surface area contributed by atoms with Gasteiger partial charge in [0.15, 0.2) is 17.2 Å². The molecule has 0 radical (unpaired) electrons. The van der Waals surface area contributed by atoms with Crippen molar-refractivity contribution in [3.8, 4) is 11.5 Å². The van der Waals surface area contributed by atoms with Gasteiger partial charge in [0.05, 0.1) is 7.11 Å². The molecule has 0 bridgehead atoms. The second kappa shape index (κ2) is 8.10. The van der Waals surface area contributed by atoms with Gasteiger partial charge in [0.1, 0.15) is 6.61 Å². The number of methoxy groups -OCH3 is 1. The topological polar surface area (TPSA) is 101 Å². The number of hydrogen-bond acceptors (Lipinski definition) is 6. The second-order valence-corrected chi connectivity index (χ2v) is 6.43. The van der Waals surface area contributed by atoms with E-state index in [1.807, 2.05) is 12.1 Å². The molecule has 0 spiro atoms. The number of H-pyrrole nitrogens is 1. The van der Waals surface area contributed by atoms with E-state index in [0.717, 1.165) is 29.8 Å². The van der Waals surface area contributed by atoms with Crippen molar-refractivity contribution in [2.45, 2.75) is 19.6 Å². The smallest absolute Gasteiger partial charge is 0.276 e. The number of amides is 1. The molecule has 2 aromatic heterocycles. The monoisotopic (exact) mass is 379 g/mol. The number of hydrogen-bond donors (Lipinski definition) is 3. The van der Waals surface area contributed by atoms with Crippen molar-refractivity contribution in [2.75, 3.05) is 19.0 Å². The molecule has 1 aromatic carbocycles. The van der Waals surface area contributed by atoms with Crippen LogP contribution in [-0.2, 0) is 19.6 Å². The number of aromatic nitrogens is 3. The van der Waals surface area contributed by atoms with Gasteiger partial charge in [-0.25, -0.2) is 0 Å². The highest BCUT2D eigenvalue weighted by atomic mass is 16.5. The molecule has 3 N–H and O–H groups in total. The number of fused-ring (bicyclic) bond motifs is 1. The molecule has 28 heavy (non-hydrogen) atoms. The van der Waals surface area contributed by atoms with E-state index in [0.29, 0.717) is 36.0 Å². The summed E-state index contributed by atoms with van der Waals surface area (Å²) in [6.45, 7) is 1.86. The summed E-state index contributed by atoms with van der Waals surface area (Å²) in [5, 5.41) is 13.3. The molecule has 3 aromatic rings. The molecule has 0 fully saturated rings. The lowest BCUT2D eigenvalue weighted by atomic mass is 10.1. The number of rotatable bonds is 6. The first-order valence-corrected chi connectivity index (χ1v) is 9.02. The van der Waals surface area contributed by atoms with E-state index < -0.39 is 0 Å². The first kappa shape index (κ1) is 18.0. The Bertz CT molecular complexity index is 971. The van der Waals surface area contributed by atoms with Crippen molar-refractivity contribution >= 4 is 11.6 Å². The van der Waals surface area contributed by atoms with E-state index in [2.05, 4.69) is 25.8 Å². The maximum Gasteiger partial charge on any atom is 0.276 e. The molecule has 8 nitrogen and oxygen atoms in total. The highest BCUT2D eigenvalue weighted by molar-refractivity contribution is 6.04. The summed E-state index contributed by atoms with van der Waals surface area (Å²) in [5.41, 5.74) is 3.89. The van der Waals surface area contributed by atoms with Gasteiger partial charge in [0, 0.05) is 60.5 Å². The molecule has 1 amide bonds. The molecule has 0 unspecified atom stereocenters. The van der Waals surface area contributed by atoms with Crippen LogP contribution in [0.25, 0.3) is 0 Å². The Labute approximate surface area is 162 Å². The molecule has 1 aliphatic rings. The Morgan fingerprint density at radius 2 is 2.21 bits per heavy atom. The lowest BCUT2D eigenvalue weighted by Crippen LogP contribution is -2.25. The number of benzene rings is 1. The average molecular weight is 379 g/mol. The SMILES string of the molecule is COc1ccc(NC(=O)c2n[nH]c3c2CNCC3)cc1OCc1cccnc1. The van der Waals surface area contributed by atoms with E-state index >= 15 is 0 Å². The minimum Gasteiger partial charge on any atom is -0.493 e. The first-order valence-electron chi connectivity index (χ1n) is 9.02. The second-order valence-electron chi connectivity index (χ2n) is 6.43. The zero-order valence-corrected chi connectivity index (χ0v) is 15.5. The molecule has 0 aliphatic carbocycles. The number of pyridine rings is 1. The maximum atomic E-state index is 12.7. The Balaban J connectivity index is 1.50. The van der Waals surface area contributed by atoms with Crippen LogP contribution in [0.5, 0.6) is 11.5 Å². The number of carbonyl (C=O) groups is 1. The molecular formula is C20H21N5O3. The Morgan fingerprint density at radius 1 is 1.29 bits per heavy atom. The van der Waals surface area contributed by atoms with E-state index in [9.17, 15) is 4.79 Å². The number of aromatic amines is 1. The van der Waals surface area contributed by atoms with Crippen LogP contribution < -0.4 is 20.1 Å². The van der Waals surface area contributed by atoms with Gasteiger partial charge >= 0.3 is 0 Å². The fourth-order valence-corrected chi connectivity index (χ4v) is 3.12. The van der Waals surface area contributed by atoms with Gasteiger partial charge in [0.25, 0.3) is 5.91 Å². The fraction of sp³-hybridized carbons (Fsp3) is 0.250. The molecule has 0 saturated heterocycles. The predicted octanol–water partition coefficient (Wildman–Crippen LogP) is 2.29. The standard InChI is InChI=1S/C20H21N5O3/c1-27-17-5-4-14(9-18(17)28-12-13-3-2-7-21-10-13)23-20(26)19-15-11-22-8-6-16(15)24-25-19/h2-5,7,9-10,22H,6,8,11-12H2,1H3,(H,23,26)(H,24,25). The van der Waals surface area contributed by atoms with Gasteiger partial charge in [-0.3, -0.25) is 14.9 Å². The summed E-state index contributed by atoms with van der Waals surface area (Å²) in [4.78, 5) is 16.8. The van der Waals surface area contributed by atoms with Crippen LogP contribution in [0.2, 0.25) is 0 Å². The van der Waals surface area contributed by atoms with Crippen molar-refractivity contribution in [3.05, 3.63) is 65.2 Å². The third kappa shape index (κ3) is 3.81. The molecule has 4 rings (SSSR count). The highest BCUT2D eigenvalue weighted by Crippen LogP contribution is 2.31. The predicted molar refractivity (Wildman–Crippen MR) is 104 cm³/mol. The van der Waals surface area contributed by atoms with Crippen molar-refractivity contribution in [3.63, 3.8) is 0 Å². The Kier molecular flexibility index (Phi) is 5.20. The molecule has 3 heterocycles. The van der Waals surface area contributed by atoms with Gasteiger partial charge in [-0.05, 0) is 18.2 Å². The third-order valence-electron chi connectivity index (χ3n) is 4.56. The van der Waals surface area contributed by atoms with E-state index in [1.165, 1.54) is 0 Å². The number of nitrogens with one attached hydrogen (secondary N) is 3. The summed E-state index contributed by atoms with van der Waals surface area (Å²) in [7, 11) is 1.58. The van der Waals surface area contributed by atoms with Crippen LogP contribution in [0.4, 0.5) is 5.69 Å². The van der Waals surface area contributed by atoms with Crippen LogP contribution >= 0.6 is 0 Å². The van der Waals surface area contributed by atoms with Crippen LogP contribution in [0, 0.1) is 0 Å². The minimum absolute atomic E-state index is 0.260. The zero-order chi connectivity index (χ0) is 19.3. The van der Waals surface area contributed by atoms with E-state index in [-0.39, 0.29) is 5.91 Å². The molecule has 8 heteroatoms. The summed E-state index contributed by atoms with van der Waals surface area (Å²) in [6.07, 6.45) is 4.29. The lowest BCUT2D eigenvalue weighted by Gasteiger charge is -2.14. The highest BCUT2D eigenvalue weighted by Gasteiger charge is 2.22. The first-order chi connectivity index (χ1) is 13.7. The normalized spacial score (nSPS) is 12.9. The van der Waals surface area contributed by atoms with Gasteiger partial charge in [-0.1, -0.05) is 6.07 Å². The summed E-state index contributed by atoms with van der Waals surface area (Å²) in [6, 6.07) is 9.05. The van der Waals surface area contributed by atoms with E-state index in [1.54, 1.807) is 37.7 Å². The quantitative estimate of drug-likeness (QED) is 0.607. The Hall–Kier alpha value is -3.39. The van der Waals surface area contributed by atoms with Gasteiger partial charge in [0.2, 0.25) is 0 Å². The lowest BCUT2D eigenvalue weighted by molar-refractivity contribution is 0.102. The maximum absolute atomic E-state index is 12.7. The molecule has 0 atom stereocenters. The van der Waals surface area contributed by atoms with Crippen molar-refractivity contribution in [1.29, 1.82) is 0 Å². The van der Waals surface area contributed by atoms with Gasteiger partial charge in [-0.15, -0.1) is 0 Å². The number of carbonyl (C=O) groups excluding carboxylic acids is 1. The van der Waals surface area contributed by atoms with Gasteiger partial charge < -0.3 is 20.1 Å². The minimum atomic E-state index is -0.260. The van der Waals surface area contributed by atoms with Crippen LogP contribution in [-0.4, -0.2) is 34.7 Å². The molecule has 0 saturated carbocycles. The molecule has 144 valence electrons. The Morgan fingerprint density at radius 3 is 3.04 bits per heavy atom. The van der Waals surface area contributed by atoms with Crippen molar-refractivity contribution < 1.29 is 14.3 Å². The van der Waals surface area contributed by atoms with Crippen molar-refractivity contribution in [2.24, 2.45) is 0 Å². The summed E-state index contributed by atoms with van der Waals surface area (Å²) >= 11 is 0. The number of ether oxygens (including phenoxy) is 2. The third-order valence-corrected chi connectivity index (χ3v) is 4.56. The number of anilines is 1. The van der Waals surface area contributed by atoms with Crippen molar-refractivity contribution in [1.82, 2.24) is 20.5 Å².